The van der Waals surface area contributed by atoms with Crippen LogP contribution in [0.5, 0.6) is 0 Å². The molecule has 1 heterocycles. The van der Waals surface area contributed by atoms with E-state index >= 15 is 0 Å². The first-order valence-electron chi connectivity index (χ1n) is 5.45. The quantitative estimate of drug-likeness (QED) is 0.831. The maximum Gasteiger partial charge on any atom is 0.261 e. The molecule has 5 heteroatoms. The van der Waals surface area contributed by atoms with Gasteiger partial charge in [0.15, 0.2) is 0 Å². The molecule has 0 amide bonds. The highest BCUT2D eigenvalue weighted by Gasteiger charge is 1.96. The van der Waals surface area contributed by atoms with Gasteiger partial charge in [0.1, 0.15) is 0 Å². The van der Waals surface area contributed by atoms with Crippen LogP contribution in [0.2, 0.25) is 0 Å². The molecule has 1 aromatic heterocycles. The molecule has 1 N–H and O–H groups in total. The zero-order valence-electron chi connectivity index (χ0n) is 10.2. The van der Waals surface area contributed by atoms with E-state index in [-0.39, 0.29) is 0 Å². The van der Waals surface area contributed by atoms with Crippen molar-refractivity contribution < 1.29 is 13.0 Å². The SMILES string of the molecule is CCCc1cccn1CCC.CS(=O)(=O)O. The Hall–Kier alpha value is -0.810. The second-order valence-corrected chi connectivity index (χ2v) is 5.14. The second-order valence-electron chi connectivity index (χ2n) is 3.68. The zero-order valence-corrected chi connectivity index (χ0v) is 11.0. The molecule has 0 atom stereocenters. The minimum absolute atomic E-state index is 0.715. The van der Waals surface area contributed by atoms with Gasteiger partial charge in [0.25, 0.3) is 10.1 Å². The van der Waals surface area contributed by atoms with Crippen LogP contribution in [-0.2, 0) is 23.1 Å². The Morgan fingerprint density at radius 3 is 2.31 bits per heavy atom. The maximum absolute atomic E-state index is 9.19. The van der Waals surface area contributed by atoms with Gasteiger partial charge in [-0.15, -0.1) is 0 Å². The smallest absolute Gasteiger partial charge is 0.261 e. The average molecular weight is 247 g/mol. The summed E-state index contributed by atoms with van der Waals surface area (Å²) in [5, 5.41) is 0. The summed E-state index contributed by atoms with van der Waals surface area (Å²) in [4.78, 5) is 0. The van der Waals surface area contributed by atoms with Crippen LogP contribution < -0.4 is 0 Å². The van der Waals surface area contributed by atoms with Crippen LogP contribution in [-0.4, -0.2) is 23.8 Å². The molecule has 0 radical (unpaired) electrons. The number of aromatic nitrogens is 1. The van der Waals surface area contributed by atoms with Gasteiger partial charge in [-0.25, -0.2) is 0 Å². The molecule has 0 bridgehead atoms. The van der Waals surface area contributed by atoms with Crippen LogP contribution >= 0.6 is 0 Å². The van der Waals surface area contributed by atoms with Crippen molar-refractivity contribution in [3.05, 3.63) is 24.0 Å². The molecular formula is C11H21NO3S. The highest BCUT2D eigenvalue weighted by atomic mass is 32.2. The van der Waals surface area contributed by atoms with E-state index in [2.05, 4.69) is 36.7 Å². The predicted octanol–water partition coefficient (Wildman–Crippen LogP) is 2.35. The Balaban J connectivity index is 0.000000385. The van der Waals surface area contributed by atoms with Crippen molar-refractivity contribution in [3.8, 4) is 0 Å². The summed E-state index contributed by atoms with van der Waals surface area (Å²) in [6.07, 6.45) is 6.58. The normalized spacial score (nSPS) is 10.8. The number of nitrogens with zero attached hydrogens (tertiary/aromatic N) is 1. The number of hydrogen-bond donors (Lipinski definition) is 1. The van der Waals surface area contributed by atoms with Crippen molar-refractivity contribution in [1.82, 2.24) is 4.57 Å². The topological polar surface area (TPSA) is 59.3 Å². The zero-order chi connectivity index (χ0) is 12.6. The minimum atomic E-state index is -3.67. The molecule has 0 saturated carbocycles. The summed E-state index contributed by atoms with van der Waals surface area (Å²) in [5.74, 6) is 0. The molecule has 94 valence electrons. The van der Waals surface area contributed by atoms with Gasteiger partial charge in [0.2, 0.25) is 0 Å². The van der Waals surface area contributed by atoms with Gasteiger partial charge in [-0.1, -0.05) is 20.3 Å². The van der Waals surface area contributed by atoms with Crippen molar-refractivity contribution >= 4 is 10.1 Å². The molecular weight excluding hydrogens is 226 g/mol. The summed E-state index contributed by atoms with van der Waals surface area (Å²) in [7, 11) is -3.67. The first-order valence-corrected chi connectivity index (χ1v) is 7.29. The Morgan fingerprint density at radius 1 is 1.31 bits per heavy atom. The van der Waals surface area contributed by atoms with Crippen molar-refractivity contribution in [3.63, 3.8) is 0 Å². The lowest BCUT2D eigenvalue weighted by Gasteiger charge is -2.05. The maximum atomic E-state index is 9.19. The van der Waals surface area contributed by atoms with E-state index in [4.69, 9.17) is 4.55 Å². The average Bonchev–Trinajstić information content (AvgIpc) is 2.51. The van der Waals surface area contributed by atoms with E-state index in [0.717, 1.165) is 0 Å². The van der Waals surface area contributed by atoms with Crippen LogP contribution in [0.25, 0.3) is 0 Å². The van der Waals surface area contributed by atoms with E-state index in [1.807, 2.05) is 0 Å². The lowest BCUT2D eigenvalue weighted by Crippen LogP contribution is -2.00. The van der Waals surface area contributed by atoms with Gasteiger partial charge < -0.3 is 4.57 Å². The molecule has 0 saturated heterocycles. The van der Waals surface area contributed by atoms with E-state index in [9.17, 15) is 8.42 Å². The van der Waals surface area contributed by atoms with Crippen LogP contribution in [0.3, 0.4) is 0 Å². The van der Waals surface area contributed by atoms with Crippen molar-refractivity contribution in [2.75, 3.05) is 6.26 Å². The second kappa shape index (κ2) is 7.46. The Bertz CT molecular complexity index is 353. The Morgan fingerprint density at radius 2 is 1.88 bits per heavy atom. The third kappa shape index (κ3) is 8.49. The van der Waals surface area contributed by atoms with Gasteiger partial charge >= 0.3 is 0 Å². The Labute approximate surface area is 98.0 Å². The summed E-state index contributed by atoms with van der Waals surface area (Å²) in [6.45, 7) is 5.61. The summed E-state index contributed by atoms with van der Waals surface area (Å²) >= 11 is 0. The van der Waals surface area contributed by atoms with Crippen LogP contribution in [0.1, 0.15) is 32.4 Å². The number of rotatable bonds is 4. The van der Waals surface area contributed by atoms with E-state index < -0.39 is 10.1 Å². The molecule has 0 aromatic carbocycles. The fourth-order valence-corrected chi connectivity index (χ4v) is 1.39. The van der Waals surface area contributed by atoms with E-state index in [1.54, 1.807) is 0 Å². The van der Waals surface area contributed by atoms with Crippen molar-refractivity contribution in [2.24, 2.45) is 0 Å². The van der Waals surface area contributed by atoms with E-state index in [0.29, 0.717) is 6.26 Å². The van der Waals surface area contributed by atoms with Gasteiger partial charge in [-0.05, 0) is 25.0 Å². The molecule has 0 unspecified atom stereocenters. The highest BCUT2D eigenvalue weighted by Crippen LogP contribution is 2.05. The molecule has 0 aliphatic carbocycles. The van der Waals surface area contributed by atoms with Crippen LogP contribution in [0.4, 0.5) is 0 Å². The fraction of sp³-hybridized carbons (Fsp3) is 0.636. The third-order valence-corrected chi connectivity index (χ3v) is 1.89. The van der Waals surface area contributed by atoms with Gasteiger partial charge in [0.05, 0.1) is 6.26 Å². The molecule has 0 aliphatic rings. The lowest BCUT2D eigenvalue weighted by atomic mass is 10.2. The van der Waals surface area contributed by atoms with Gasteiger partial charge in [-0.2, -0.15) is 8.42 Å². The summed E-state index contributed by atoms with van der Waals surface area (Å²) in [5.41, 5.74) is 1.48. The molecule has 1 rings (SSSR count). The molecule has 1 aromatic rings. The third-order valence-electron chi connectivity index (χ3n) is 1.89. The largest absolute Gasteiger partial charge is 0.351 e. The molecule has 16 heavy (non-hydrogen) atoms. The number of hydrogen-bond acceptors (Lipinski definition) is 2. The Kier molecular flexibility index (Phi) is 7.08. The predicted molar refractivity (Wildman–Crippen MR) is 66.2 cm³/mol. The minimum Gasteiger partial charge on any atom is -0.351 e. The molecule has 0 spiro atoms. The number of aryl methyl sites for hydroxylation is 2. The van der Waals surface area contributed by atoms with Gasteiger partial charge in [-0.3, -0.25) is 4.55 Å². The van der Waals surface area contributed by atoms with E-state index in [1.165, 1.54) is 31.5 Å². The first-order chi connectivity index (χ1) is 7.38. The summed E-state index contributed by atoms with van der Waals surface area (Å²) < 4.78 is 28.2. The van der Waals surface area contributed by atoms with Crippen molar-refractivity contribution in [1.29, 1.82) is 0 Å². The van der Waals surface area contributed by atoms with Crippen LogP contribution in [0, 0.1) is 0 Å². The molecule has 0 fully saturated rings. The fourth-order valence-electron chi connectivity index (χ4n) is 1.39. The van der Waals surface area contributed by atoms with Gasteiger partial charge in [0, 0.05) is 18.4 Å². The monoisotopic (exact) mass is 247 g/mol. The first kappa shape index (κ1) is 15.2. The lowest BCUT2D eigenvalue weighted by molar-refractivity contribution is 0.490. The molecule has 0 aliphatic heterocycles. The standard InChI is InChI=1S/C10H17N.CH4O3S/c1-3-6-10-7-5-9-11(10)8-4-2;1-5(2,3)4/h5,7,9H,3-4,6,8H2,1-2H3;1H3,(H,2,3,4). The molecule has 4 nitrogen and oxygen atoms in total. The summed E-state index contributed by atoms with van der Waals surface area (Å²) in [6, 6.07) is 4.36. The highest BCUT2D eigenvalue weighted by molar-refractivity contribution is 7.85. The van der Waals surface area contributed by atoms with Crippen molar-refractivity contribution in [2.45, 2.75) is 39.7 Å². The van der Waals surface area contributed by atoms with Crippen LogP contribution in [0.15, 0.2) is 18.3 Å².